The minimum absolute atomic E-state index is 0.000576. The van der Waals surface area contributed by atoms with Crippen LogP contribution in [-0.4, -0.2) is 41.1 Å². The van der Waals surface area contributed by atoms with E-state index >= 15 is 0 Å². The van der Waals surface area contributed by atoms with Crippen LogP contribution in [0.1, 0.15) is 11.5 Å². The summed E-state index contributed by atoms with van der Waals surface area (Å²) in [6.45, 7) is 3.01. The summed E-state index contributed by atoms with van der Waals surface area (Å²) >= 11 is 7.99. The van der Waals surface area contributed by atoms with Gasteiger partial charge in [-0.15, -0.1) is 6.42 Å². The molecule has 0 aliphatic carbocycles. The van der Waals surface area contributed by atoms with Crippen LogP contribution < -0.4 is 0 Å². The minimum atomic E-state index is -0.000576. The van der Waals surface area contributed by atoms with Gasteiger partial charge in [-0.05, 0) is 41.0 Å². The summed E-state index contributed by atoms with van der Waals surface area (Å²) < 4.78 is 0. The largest absolute Gasteiger partial charge is 0.508 e. The van der Waals surface area contributed by atoms with E-state index in [0.717, 1.165) is 47.8 Å². The number of terminal acetylenes is 1. The van der Waals surface area contributed by atoms with E-state index in [1.165, 1.54) is 0 Å². The Morgan fingerprint density at radius 2 is 1.88 bits per heavy atom. The Bertz CT molecular complexity index is 732. The van der Waals surface area contributed by atoms with Crippen molar-refractivity contribution in [3.8, 4) is 29.2 Å². The highest BCUT2D eigenvalue weighted by Gasteiger charge is 2.20. The summed E-state index contributed by atoms with van der Waals surface area (Å²) in [5.41, 5.74) is 3.07. The highest BCUT2D eigenvalue weighted by molar-refractivity contribution is 7.99. The third-order valence-electron chi connectivity index (χ3n) is 4.31. The Labute approximate surface area is 152 Å². The molecule has 1 aliphatic rings. The molecule has 2 aromatic carbocycles. The van der Waals surface area contributed by atoms with Crippen molar-refractivity contribution in [1.82, 2.24) is 4.90 Å². The van der Waals surface area contributed by atoms with E-state index in [2.05, 4.69) is 10.8 Å². The number of hydrogen-bond acceptors (Lipinski definition) is 3. The molecule has 1 atom stereocenters. The van der Waals surface area contributed by atoms with Crippen molar-refractivity contribution >= 4 is 23.4 Å². The van der Waals surface area contributed by atoms with Gasteiger partial charge in [-0.3, -0.25) is 0 Å². The minimum Gasteiger partial charge on any atom is -0.508 e. The molecule has 0 spiro atoms. The number of phenolic OH excluding ortho intramolecular Hbond substituents is 1. The second kappa shape index (κ2) is 7.98. The van der Waals surface area contributed by atoms with E-state index in [1.54, 1.807) is 12.1 Å². The monoisotopic (exact) mass is 357 g/mol. The van der Waals surface area contributed by atoms with Gasteiger partial charge < -0.3 is 10.0 Å². The smallest absolute Gasteiger partial charge is 0.116 e. The Morgan fingerprint density at radius 3 is 2.54 bits per heavy atom. The van der Waals surface area contributed by atoms with Crippen molar-refractivity contribution in [2.24, 2.45) is 0 Å². The summed E-state index contributed by atoms with van der Waals surface area (Å²) in [6, 6.07) is 13.1. The van der Waals surface area contributed by atoms with Crippen LogP contribution >= 0.6 is 23.4 Å². The van der Waals surface area contributed by atoms with Crippen LogP contribution in [0.5, 0.6) is 5.75 Å². The van der Waals surface area contributed by atoms with E-state index in [1.807, 2.05) is 42.1 Å². The Morgan fingerprint density at radius 1 is 1.17 bits per heavy atom. The van der Waals surface area contributed by atoms with Gasteiger partial charge >= 0.3 is 0 Å². The van der Waals surface area contributed by atoms with Crippen LogP contribution in [0.3, 0.4) is 0 Å². The van der Waals surface area contributed by atoms with E-state index in [9.17, 15) is 5.11 Å². The molecule has 1 saturated heterocycles. The zero-order chi connectivity index (χ0) is 16.9. The van der Waals surface area contributed by atoms with Crippen molar-refractivity contribution in [1.29, 1.82) is 0 Å². The third kappa shape index (κ3) is 4.08. The first-order valence-corrected chi connectivity index (χ1v) is 9.55. The first-order valence-electron chi connectivity index (χ1n) is 8.02. The number of thioether (sulfide) groups is 1. The molecule has 1 unspecified atom stereocenters. The lowest BCUT2D eigenvalue weighted by atomic mass is 9.90. The average Bonchev–Trinajstić information content (AvgIpc) is 2.61. The Kier molecular flexibility index (Phi) is 5.73. The molecule has 24 heavy (non-hydrogen) atoms. The van der Waals surface area contributed by atoms with Crippen molar-refractivity contribution in [2.75, 3.05) is 31.1 Å². The fourth-order valence-electron chi connectivity index (χ4n) is 3.01. The predicted molar refractivity (Wildman–Crippen MR) is 104 cm³/mol. The van der Waals surface area contributed by atoms with Crippen LogP contribution in [0, 0.1) is 12.3 Å². The number of aromatic hydroxyl groups is 1. The molecule has 4 heteroatoms. The first kappa shape index (κ1) is 17.2. The summed E-state index contributed by atoms with van der Waals surface area (Å²) in [7, 11) is 0. The van der Waals surface area contributed by atoms with Gasteiger partial charge in [-0.25, -0.2) is 0 Å². The summed E-state index contributed by atoms with van der Waals surface area (Å²) in [6.07, 6.45) is 5.87. The van der Waals surface area contributed by atoms with Gasteiger partial charge in [0.05, 0.1) is 5.92 Å². The lowest BCUT2D eigenvalue weighted by Crippen LogP contribution is -2.35. The van der Waals surface area contributed by atoms with Gasteiger partial charge in [-0.1, -0.05) is 35.7 Å². The topological polar surface area (TPSA) is 23.5 Å². The Balaban J connectivity index is 1.93. The fraction of sp³-hybridized carbons (Fsp3) is 0.300. The molecule has 1 aliphatic heterocycles. The zero-order valence-electron chi connectivity index (χ0n) is 13.4. The molecule has 2 aromatic rings. The van der Waals surface area contributed by atoms with E-state index < -0.39 is 0 Å². The third-order valence-corrected chi connectivity index (χ3v) is 5.51. The second-order valence-corrected chi connectivity index (χ2v) is 7.57. The molecule has 1 fully saturated rings. The first-order chi connectivity index (χ1) is 11.7. The second-order valence-electron chi connectivity index (χ2n) is 5.91. The van der Waals surface area contributed by atoms with Crippen molar-refractivity contribution in [3.63, 3.8) is 0 Å². The normalized spacial score (nSPS) is 16.5. The quantitative estimate of drug-likeness (QED) is 0.816. The number of rotatable bonds is 4. The van der Waals surface area contributed by atoms with E-state index in [0.29, 0.717) is 5.02 Å². The average molecular weight is 358 g/mol. The summed E-state index contributed by atoms with van der Waals surface area (Å²) in [5.74, 6) is 5.52. The highest BCUT2D eigenvalue weighted by atomic mass is 35.5. The van der Waals surface area contributed by atoms with Gasteiger partial charge in [0.25, 0.3) is 0 Å². The molecular formula is C20H20ClNOS. The highest BCUT2D eigenvalue weighted by Crippen LogP contribution is 2.33. The maximum absolute atomic E-state index is 9.94. The molecule has 0 radical (unpaired) electrons. The number of halogens is 1. The lowest BCUT2D eigenvalue weighted by Gasteiger charge is -2.29. The van der Waals surface area contributed by atoms with Crippen molar-refractivity contribution in [3.05, 3.63) is 53.1 Å². The van der Waals surface area contributed by atoms with Crippen LogP contribution in [0.4, 0.5) is 0 Å². The molecule has 2 nitrogen and oxygen atoms in total. The number of hydrogen-bond donors (Lipinski definition) is 1. The van der Waals surface area contributed by atoms with Gasteiger partial charge in [0, 0.05) is 36.2 Å². The van der Waals surface area contributed by atoms with Gasteiger partial charge in [0.1, 0.15) is 5.75 Å². The van der Waals surface area contributed by atoms with Gasteiger partial charge in [0.2, 0.25) is 0 Å². The van der Waals surface area contributed by atoms with Crippen LogP contribution in [-0.2, 0) is 0 Å². The predicted octanol–water partition coefficient (Wildman–Crippen LogP) is 4.48. The Hall–Kier alpha value is -1.60. The van der Waals surface area contributed by atoms with Crippen LogP contribution in [0.25, 0.3) is 11.1 Å². The molecule has 0 saturated carbocycles. The summed E-state index contributed by atoms with van der Waals surface area (Å²) in [5, 5.41) is 10.6. The molecular weight excluding hydrogens is 338 g/mol. The lowest BCUT2D eigenvalue weighted by molar-refractivity contribution is 0.297. The van der Waals surface area contributed by atoms with Crippen LogP contribution in [0.15, 0.2) is 42.5 Å². The van der Waals surface area contributed by atoms with Crippen molar-refractivity contribution < 1.29 is 5.11 Å². The maximum Gasteiger partial charge on any atom is 0.116 e. The molecule has 124 valence electrons. The molecule has 0 bridgehead atoms. The molecule has 0 aromatic heterocycles. The summed E-state index contributed by atoms with van der Waals surface area (Å²) in [4.78, 5) is 2.43. The molecule has 0 amide bonds. The molecule has 3 rings (SSSR count). The fourth-order valence-corrected chi connectivity index (χ4v) is 4.12. The van der Waals surface area contributed by atoms with Crippen molar-refractivity contribution in [2.45, 2.75) is 5.92 Å². The van der Waals surface area contributed by atoms with E-state index in [-0.39, 0.29) is 11.7 Å². The maximum atomic E-state index is 9.94. The number of nitrogens with zero attached hydrogens (tertiary/aromatic N) is 1. The van der Waals surface area contributed by atoms with Gasteiger partial charge in [-0.2, -0.15) is 11.8 Å². The zero-order valence-corrected chi connectivity index (χ0v) is 15.0. The van der Waals surface area contributed by atoms with E-state index in [4.69, 9.17) is 18.0 Å². The SMILES string of the molecule is C#CC(CN1CCSCC1)c1ccc(O)cc1-c1ccc(Cl)cc1. The molecule has 1 N–H and O–H groups in total. The number of benzene rings is 2. The molecule has 1 heterocycles. The van der Waals surface area contributed by atoms with Gasteiger partial charge in [0.15, 0.2) is 0 Å². The standard InChI is InChI=1S/C20H20ClNOS/c1-2-15(14-22-9-11-24-12-10-22)19-8-7-18(23)13-20(19)16-3-5-17(21)6-4-16/h1,3-8,13,15,23H,9-12,14H2. The van der Waals surface area contributed by atoms with Crippen LogP contribution in [0.2, 0.25) is 5.02 Å². The number of phenols is 1.